The van der Waals surface area contributed by atoms with Crippen molar-refractivity contribution in [2.75, 3.05) is 13.2 Å². The normalized spacial score (nSPS) is 24.7. The van der Waals surface area contributed by atoms with E-state index in [1.807, 2.05) is 13.8 Å². The third kappa shape index (κ3) is 28.6. The number of unbranched alkanes of at least 4 members (excludes halogenated alkanes) is 22. The molecule has 85 heavy (non-hydrogen) atoms. The zero-order chi connectivity index (χ0) is 61.7. The molecule has 11 atom stereocenters. The zero-order valence-corrected chi connectivity index (χ0v) is 55.4. The first-order valence-electron chi connectivity index (χ1n) is 35.4. The number of ketones is 1. The van der Waals surface area contributed by atoms with Gasteiger partial charge in [-0.25, -0.2) is 4.79 Å². The van der Waals surface area contributed by atoms with Gasteiger partial charge < -0.3 is 28.4 Å². The lowest BCUT2D eigenvalue weighted by Gasteiger charge is -2.61. The van der Waals surface area contributed by atoms with Crippen molar-refractivity contribution < 1.29 is 57.2 Å². The average Bonchev–Trinajstić information content (AvgIpc) is 1.79. The van der Waals surface area contributed by atoms with Crippen LogP contribution in [0.1, 0.15) is 319 Å². The number of carbonyl (C=O) groups is 6. The summed E-state index contributed by atoms with van der Waals surface area (Å²) < 4.78 is 33.8. The summed E-state index contributed by atoms with van der Waals surface area (Å²) in [5, 5.41) is 0. The number of Topliss-reactive ketones (excluding diaryl/α,β-unsaturated/α-hetero) is 1. The fraction of sp³-hybridized carbons (Fsp3) is 0.863. The highest BCUT2D eigenvalue weighted by molar-refractivity contribution is 5.79. The van der Waals surface area contributed by atoms with Gasteiger partial charge in [-0.2, -0.15) is 0 Å². The van der Waals surface area contributed by atoms with E-state index >= 15 is 0 Å². The van der Waals surface area contributed by atoms with E-state index in [-0.39, 0.29) is 85.5 Å². The maximum atomic E-state index is 13.3. The molecule has 0 saturated heterocycles. The maximum Gasteiger partial charge on any atom is 0.511 e. The van der Waals surface area contributed by atoms with Crippen LogP contribution in [0.4, 0.5) is 4.79 Å². The SMILES string of the molecule is CCCCCCCC/C=C\CCCCCCCC(=O)OCC(COC(=O)CCCCCCC/C=C\CCCCCCCC)OC(=O)CC(C)CCC(C)CC(=O)OC(C)OC(=O)O[C@H]1CC[C@@]2(C)[C@@H](CC[C@@H]3[C@@H]2CC[C@]2(C)[C@@H](C(C)=O)CC[C@@H]32)C1. The predicted molar refractivity (Wildman–Crippen MR) is 340 cm³/mol. The Balaban J connectivity index is 1.11. The molecule has 4 aliphatic carbocycles. The molecule has 0 heterocycles. The van der Waals surface area contributed by atoms with Crippen LogP contribution in [0, 0.1) is 52.3 Å². The number of carbonyl (C=O) groups excluding carboxylic acids is 6. The number of rotatable bonds is 46. The van der Waals surface area contributed by atoms with Crippen LogP contribution in [-0.2, 0) is 52.4 Å². The van der Waals surface area contributed by atoms with Crippen molar-refractivity contribution in [1.82, 2.24) is 0 Å². The second-order valence-electron chi connectivity index (χ2n) is 27.7. The van der Waals surface area contributed by atoms with E-state index in [1.54, 1.807) is 6.92 Å². The molecule has 0 aromatic carbocycles. The summed E-state index contributed by atoms with van der Waals surface area (Å²) in [4.78, 5) is 77.6. The van der Waals surface area contributed by atoms with Crippen LogP contribution in [-0.4, -0.2) is 67.5 Å². The Labute approximate surface area is 517 Å². The van der Waals surface area contributed by atoms with E-state index in [0.717, 1.165) is 116 Å². The number of allylic oxidation sites excluding steroid dienone is 4. The Kier molecular flexibility index (Phi) is 36.7. The van der Waals surface area contributed by atoms with Gasteiger partial charge in [0.1, 0.15) is 25.1 Å². The highest BCUT2D eigenvalue weighted by Crippen LogP contribution is 2.67. The maximum absolute atomic E-state index is 13.3. The standard InChI is InChI=1S/C73H124O12/c1-9-11-13-15-17-19-21-23-25-27-29-31-33-35-37-39-67(75)80-54-62(55-81-68(76)40-38-36-34-32-30-28-26-24-22-20-18-16-14-12-10-2)84-70(78)52-57(4)42-41-56(3)51-69(77)82-59(6)83-71(79)85-61-47-49-72(7)60(53-61)43-44-63-65-46-45-64(58(5)74)73(65,8)50-48-66(63)72/h23-26,56-57,59-66H,9-22,27-55H2,1-8H3/b25-23-,26-24-/t56?,57?,59?,60-,61-,63-,64+,65-,66-,72-,73+/m0/s1. The molecular weight excluding hydrogens is 1070 g/mol. The third-order valence-electron chi connectivity index (χ3n) is 20.6. The second kappa shape index (κ2) is 42.3. The summed E-state index contributed by atoms with van der Waals surface area (Å²) in [7, 11) is 0. The van der Waals surface area contributed by atoms with E-state index in [1.165, 1.54) is 116 Å². The first kappa shape index (κ1) is 73.8. The van der Waals surface area contributed by atoms with E-state index in [4.69, 9.17) is 28.4 Å². The van der Waals surface area contributed by atoms with Crippen molar-refractivity contribution in [1.29, 1.82) is 0 Å². The van der Waals surface area contributed by atoms with Gasteiger partial charge in [-0.15, -0.1) is 0 Å². The Morgan fingerprint density at radius 1 is 0.482 bits per heavy atom. The molecule has 4 saturated carbocycles. The first-order valence-corrected chi connectivity index (χ1v) is 35.4. The van der Waals surface area contributed by atoms with Crippen LogP contribution in [0.15, 0.2) is 24.3 Å². The number of ether oxygens (including phenoxy) is 6. The molecule has 0 aromatic heterocycles. The Morgan fingerprint density at radius 3 is 1.42 bits per heavy atom. The molecule has 12 nitrogen and oxygen atoms in total. The van der Waals surface area contributed by atoms with Gasteiger partial charge in [0.05, 0.1) is 0 Å². The van der Waals surface area contributed by atoms with Gasteiger partial charge in [0, 0.05) is 38.5 Å². The van der Waals surface area contributed by atoms with Crippen molar-refractivity contribution in [3.63, 3.8) is 0 Å². The summed E-state index contributed by atoms with van der Waals surface area (Å²) >= 11 is 0. The van der Waals surface area contributed by atoms with Gasteiger partial charge in [-0.1, -0.05) is 169 Å². The molecule has 488 valence electrons. The highest BCUT2D eigenvalue weighted by atomic mass is 16.8. The number of fused-ring (bicyclic) bond motifs is 5. The molecule has 4 rings (SSSR count). The van der Waals surface area contributed by atoms with Crippen molar-refractivity contribution in [2.45, 2.75) is 337 Å². The predicted octanol–water partition coefficient (Wildman–Crippen LogP) is 19.6. The summed E-state index contributed by atoms with van der Waals surface area (Å²) in [5.74, 6) is 1.19. The Hall–Kier alpha value is -3.70. The number of hydrogen-bond acceptors (Lipinski definition) is 12. The average molecular weight is 1190 g/mol. The monoisotopic (exact) mass is 1190 g/mol. The molecule has 12 heteroatoms. The first-order chi connectivity index (χ1) is 41.0. The van der Waals surface area contributed by atoms with Crippen LogP contribution in [0.3, 0.4) is 0 Å². The minimum absolute atomic E-state index is 0.0612. The van der Waals surface area contributed by atoms with Gasteiger partial charge in [0.25, 0.3) is 0 Å². The van der Waals surface area contributed by atoms with Crippen molar-refractivity contribution in [3.8, 4) is 0 Å². The number of hydrogen-bond donors (Lipinski definition) is 0. The molecule has 0 bridgehead atoms. The van der Waals surface area contributed by atoms with Crippen LogP contribution in [0.2, 0.25) is 0 Å². The van der Waals surface area contributed by atoms with E-state index in [0.29, 0.717) is 42.3 Å². The summed E-state index contributed by atoms with van der Waals surface area (Å²) in [6.07, 6.45) is 48.2. The topological polar surface area (TPSA) is 158 Å². The Morgan fingerprint density at radius 2 is 0.929 bits per heavy atom. The minimum Gasteiger partial charge on any atom is -0.462 e. The lowest BCUT2D eigenvalue weighted by atomic mass is 9.44. The summed E-state index contributed by atoms with van der Waals surface area (Å²) in [6, 6.07) is 0. The second-order valence-corrected chi connectivity index (χ2v) is 27.7. The van der Waals surface area contributed by atoms with Crippen LogP contribution >= 0.6 is 0 Å². The fourth-order valence-corrected chi connectivity index (χ4v) is 15.4. The summed E-state index contributed by atoms with van der Waals surface area (Å²) in [5.41, 5.74) is 0.339. The van der Waals surface area contributed by atoms with E-state index < -0.39 is 30.5 Å². The molecule has 0 N–H and O–H groups in total. The van der Waals surface area contributed by atoms with Crippen molar-refractivity contribution in [2.24, 2.45) is 52.3 Å². The highest BCUT2D eigenvalue weighted by Gasteiger charge is 2.61. The molecule has 0 aromatic rings. The van der Waals surface area contributed by atoms with Gasteiger partial charge in [-0.05, 0) is 188 Å². The molecule has 0 radical (unpaired) electrons. The quantitative estimate of drug-likeness (QED) is 0.0187. The lowest BCUT2D eigenvalue weighted by Crippen LogP contribution is -2.54. The zero-order valence-electron chi connectivity index (χ0n) is 55.4. The van der Waals surface area contributed by atoms with Gasteiger partial charge >= 0.3 is 30.0 Å². The van der Waals surface area contributed by atoms with Crippen LogP contribution in [0.25, 0.3) is 0 Å². The molecule has 0 spiro atoms. The summed E-state index contributed by atoms with van der Waals surface area (Å²) in [6.45, 7) is 16.2. The van der Waals surface area contributed by atoms with Gasteiger partial charge in [-0.3, -0.25) is 24.0 Å². The molecule has 4 fully saturated rings. The molecule has 0 amide bonds. The minimum atomic E-state index is -1.10. The largest absolute Gasteiger partial charge is 0.511 e. The third-order valence-corrected chi connectivity index (χ3v) is 20.6. The van der Waals surface area contributed by atoms with Crippen molar-refractivity contribution in [3.05, 3.63) is 24.3 Å². The molecule has 4 aliphatic rings. The molecule has 3 unspecified atom stereocenters. The smallest absolute Gasteiger partial charge is 0.462 e. The van der Waals surface area contributed by atoms with Gasteiger partial charge in [0.2, 0.25) is 6.29 Å². The van der Waals surface area contributed by atoms with Gasteiger partial charge in [0.15, 0.2) is 6.10 Å². The van der Waals surface area contributed by atoms with E-state index in [2.05, 4.69) is 52.0 Å². The number of esters is 4. The molecular formula is C73H124O12. The lowest BCUT2D eigenvalue weighted by molar-refractivity contribution is -0.172. The fourth-order valence-electron chi connectivity index (χ4n) is 15.4. The molecule has 0 aliphatic heterocycles. The Bertz CT molecular complexity index is 1910. The van der Waals surface area contributed by atoms with Crippen molar-refractivity contribution >= 4 is 35.8 Å². The van der Waals surface area contributed by atoms with Crippen LogP contribution in [0.5, 0.6) is 0 Å². The van der Waals surface area contributed by atoms with Crippen LogP contribution < -0.4 is 0 Å². The van der Waals surface area contributed by atoms with E-state index in [9.17, 15) is 28.8 Å².